The van der Waals surface area contributed by atoms with Crippen molar-refractivity contribution < 1.29 is 9.59 Å². The molecule has 0 bridgehead atoms. The van der Waals surface area contributed by atoms with E-state index in [-0.39, 0.29) is 17.6 Å². The molecule has 0 spiro atoms. The van der Waals surface area contributed by atoms with E-state index in [1.807, 2.05) is 25.7 Å². The highest BCUT2D eigenvalue weighted by Gasteiger charge is 2.16. The first-order valence-electron chi connectivity index (χ1n) is 6.00. The minimum atomic E-state index is -0.0367. The molecule has 0 aliphatic rings. The molecule has 0 aliphatic heterocycles. The van der Waals surface area contributed by atoms with Crippen molar-refractivity contribution in [1.82, 2.24) is 10.2 Å². The summed E-state index contributed by atoms with van der Waals surface area (Å²) in [6.45, 7) is 7.47. The number of amides is 1. The summed E-state index contributed by atoms with van der Waals surface area (Å²) in [5.74, 6) is 0.272. The van der Waals surface area contributed by atoms with Crippen molar-refractivity contribution in [3.8, 4) is 0 Å². The molecule has 16 heavy (non-hydrogen) atoms. The highest BCUT2D eigenvalue weighted by molar-refractivity contribution is 5.83. The Morgan fingerprint density at radius 2 is 1.88 bits per heavy atom. The van der Waals surface area contributed by atoms with Gasteiger partial charge in [-0.1, -0.05) is 20.8 Å². The van der Waals surface area contributed by atoms with Crippen LogP contribution in [0.1, 0.15) is 33.6 Å². The van der Waals surface area contributed by atoms with E-state index in [0.717, 1.165) is 19.4 Å². The molecule has 0 radical (unpaired) electrons. The molecule has 4 heteroatoms. The van der Waals surface area contributed by atoms with E-state index in [0.29, 0.717) is 13.1 Å². The molecular weight excluding hydrogens is 204 g/mol. The molecule has 0 aromatic heterocycles. The summed E-state index contributed by atoms with van der Waals surface area (Å²) in [5, 5.41) is 2.58. The van der Waals surface area contributed by atoms with Gasteiger partial charge in [0.15, 0.2) is 0 Å². The third-order valence-electron chi connectivity index (χ3n) is 2.73. The van der Waals surface area contributed by atoms with Gasteiger partial charge in [0.05, 0.1) is 13.1 Å². The van der Waals surface area contributed by atoms with Crippen molar-refractivity contribution in [2.45, 2.75) is 33.6 Å². The molecule has 0 aromatic carbocycles. The van der Waals surface area contributed by atoms with Crippen molar-refractivity contribution in [3.05, 3.63) is 0 Å². The molecule has 1 atom stereocenters. The Bertz CT molecular complexity index is 229. The van der Waals surface area contributed by atoms with Crippen LogP contribution in [0, 0.1) is 5.92 Å². The summed E-state index contributed by atoms with van der Waals surface area (Å²) in [6.07, 6.45) is 1.81. The zero-order valence-corrected chi connectivity index (χ0v) is 10.9. The predicted molar refractivity (Wildman–Crippen MR) is 65.3 cm³/mol. The zero-order chi connectivity index (χ0) is 12.6. The zero-order valence-electron chi connectivity index (χ0n) is 10.9. The minimum absolute atomic E-state index is 0.0367. The van der Waals surface area contributed by atoms with Gasteiger partial charge in [-0.25, -0.2) is 0 Å². The maximum atomic E-state index is 11.8. The lowest BCUT2D eigenvalue weighted by atomic mass is 10.0. The van der Waals surface area contributed by atoms with Gasteiger partial charge >= 0.3 is 0 Å². The van der Waals surface area contributed by atoms with Crippen molar-refractivity contribution in [1.29, 1.82) is 0 Å². The molecule has 1 amide bonds. The van der Waals surface area contributed by atoms with E-state index < -0.39 is 0 Å². The molecule has 0 fully saturated rings. The second-order valence-electron chi connectivity index (χ2n) is 4.16. The molecular formula is C12H24N2O2. The van der Waals surface area contributed by atoms with Gasteiger partial charge in [0.1, 0.15) is 5.78 Å². The Kier molecular flexibility index (Phi) is 7.81. The van der Waals surface area contributed by atoms with Gasteiger partial charge in [0.2, 0.25) is 5.91 Å². The average Bonchev–Trinajstić information content (AvgIpc) is 2.27. The van der Waals surface area contributed by atoms with Gasteiger partial charge in [-0.2, -0.15) is 0 Å². The third kappa shape index (κ3) is 5.85. The lowest BCUT2D eigenvalue weighted by Crippen LogP contribution is -2.40. The maximum absolute atomic E-state index is 11.8. The molecule has 1 unspecified atom stereocenters. The highest BCUT2D eigenvalue weighted by atomic mass is 16.2. The van der Waals surface area contributed by atoms with Gasteiger partial charge in [0, 0.05) is 13.0 Å². The number of carbonyl (C=O) groups excluding carboxylic acids is 2. The molecule has 0 saturated heterocycles. The Labute approximate surface area is 98.4 Å². The molecule has 0 saturated carbocycles. The monoisotopic (exact) mass is 228 g/mol. The van der Waals surface area contributed by atoms with Crippen molar-refractivity contribution in [2.75, 3.05) is 26.7 Å². The van der Waals surface area contributed by atoms with E-state index >= 15 is 0 Å². The van der Waals surface area contributed by atoms with Crippen LogP contribution in [0.3, 0.4) is 0 Å². The number of hydrogen-bond donors (Lipinski definition) is 1. The first-order valence-corrected chi connectivity index (χ1v) is 6.00. The predicted octanol–water partition coefficient (Wildman–Crippen LogP) is 1.06. The number of nitrogens with zero attached hydrogens (tertiary/aromatic N) is 1. The lowest BCUT2D eigenvalue weighted by molar-refractivity contribution is -0.125. The fourth-order valence-corrected chi connectivity index (χ4v) is 1.42. The van der Waals surface area contributed by atoms with Crippen LogP contribution in [0.15, 0.2) is 0 Å². The van der Waals surface area contributed by atoms with Crippen LogP contribution in [-0.4, -0.2) is 43.3 Å². The minimum Gasteiger partial charge on any atom is -0.358 e. The Morgan fingerprint density at radius 1 is 1.25 bits per heavy atom. The Morgan fingerprint density at radius 3 is 2.31 bits per heavy atom. The summed E-state index contributed by atoms with van der Waals surface area (Å²) >= 11 is 0. The Balaban J connectivity index is 4.21. The van der Waals surface area contributed by atoms with Gasteiger partial charge in [-0.05, 0) is 19.4 Å². The van der Waals surface area contributed by atoms with Crippen molar-refractivity contribution in [2.24, 2.45) is 5.92 Å². The van der Waals surface area contributed by atoms with Crippen LogP contribution in [0.25, 0.3) is 0 Å². The number of Topliss-reactive ketones (excluding diaryl/α,β-unsaturated/α-hetero) is 1. The number of likely N-dealkylation sites (N-methyl/N-ethyl adjacent to an activating group) is 1. The number of nitrogens with one attached hydrogen (secondary N) is 1. The first kappa shape index (κ1) is 15.1. The third-order valence-corrected chi connectivity index (χ3v) is 2.73. The van der Waals surface area contributed by atoms with Crippen LogP contribution >= 0.6 is 0 Å². The van der Waals surface area contributed by atoms with Gasteiger partial charge in [-0.15, -0.1) is 0 Å². The van der Waals surface area contributed by atoms with E-state index in [9.17, 15) is 9.59 Å². The van der Waals surface area contributed by atoms with Gasteiger partial charge in [0.25, 0.3) is 0 Å². The van der Waals surface area contributed by atoms with Crippen LogP contribution in [0.4, 0.5) is 0 Å². The maximum Gasteiger partial charge on any atom is 0.233 e. The number of hydrogen-bond acceptors (Lipinski definition) is 3. The first-order chi connectivity index (χ1) is 7.54. The molecule has 0 aromatic rings. The van der Waals surface area contributed by atoms with Crippen molar-refractivity contribution in [3.63, 3.8) is 0 Å². The Hall–Kier alpha value is -0.900. The second-order valence-corrected chi connectivity index (χ2v) is 4.16. The fraction of sp³-hybridized carbons (Fsp3) is 0.833. The summed E-state index contributed by atoms with van der Waals surface area (Å²) < 4.78 is 0. The van der Waals surface area contributed by atoms with Crippen LogP contribution in [-0.2, 0) is 9.59 Å². The van der Waals surface area contributed by atoms with Crippen LogP contribution in [0.2, 0.25) is 0 Å². The molecule has 0 heterocycles. The number of carbonyl (C=O) groups is 2. The quantitative estimate of drug-likeness (QED) is 0.676. The van der Waals surface area contributed by atoms with Gasteiger partial charge < -0.3 is 5.32 Å². The second kappa shape index (κ2) is 8.28. The van der Waals surface area contributed by atoms with E-state index in [1.165, 1.54) is 0 Å². The highest BCUT2D eigenvalue weighted by Crippen LogP contribution is 2.04. The summed E-state index contributed by atoms with van der Waals surface area (Å²) in [6, 6.07) is 0. The average molecular weight is 228 g/mol. The lowest BCUT2D eigenvalue weighted by Gasteiger charge is -2.21. The van der Waals surface area contributed by atoms with E-state index in [1.54, 1.807) is 7.05 Å². The summed E-state index contributed by atoms with van der Waals surface area (Å²) in [7, 11) is 1.61. The van der Waals surface area contributed by atoms with E-state index in [2.05, 4.69) is 5.32 Å². The molecule has 0 aliphatic carbocycles. The molecule has 1 N–H and O–H groups in total. The summed E-state index contributed by atoms with van der Waals surface area (Å²) in [5.41, 5.74) is 0. The number of rotatable bonds is 8. The van der Waals surface area contributed by atoms with Crippen LogP contribution in [0.5, 0.6) is 0 Å². The largest absolute Gasteiger partial charge is 0.358 e. The number of ketones is 1. The standard InChI is InChI=1S/C12H24N2O2/c1-5-7-14(9-12(16)13-4)8-11(15)10(3)6-2/h10H,5-9H2,1-4H3,(H,13,16). The molecule has 4 nitrogen and oxygen atoms in total. The molecule has 0 rings (SSSR count). The van der Waals surface area contributed by atoms with Crippen molar-refractivity contribution >= 4 is 11.7 Å². The van der Waals surface area contributed by atoms with Crippen LogP contribution < -0.4 is 5.32 Å². The van der Waals surface area contributed by atoms with Gasteiger partial charge in [-0.3, -0.25) is 14.5 Å². The summed E-state index contributed by atoms with van der Waals surface area (Å²) in [4.78, 5) is 24.9. The smallest absolute Gasteiger partial charge is 0.233 e. The topological polar surface area (TPSA) is 49.4 Å². The van der Waals surface area contributed by atoms with E-state index in [4.69, 9.17) is 0 Å². The molecule has 94 valence electrons. The fourth-order valence-electron chi connectivity index (χ4n) is 1.42. The SMILES string of the molecule is CCCN(CC(=O)NC)CC(=O)C(C)CC. The normalized spacial score (nSPS) is 12.6.